The summed E-state index contributed by atoms with van der Waals surface area (Å²) in [5, 5.41) is 0. The Kier molecular flexibility index (Phi) is 3.72. The third kappa shape index (κ3) is 2.47. The van der Waals surface area contributed by atoms with Crippen molar-refractivity contribution in [1.82, 2.24) is 0 Å². The van der Waals surface area contributed by atoms with Crippen LogP contribution in [0.2, 0.25) is 0 Å². The minimum absolute atomic E-state index is 0.347. The van der Waals surface area contributed by atoms with Gasteiger partial charge in [0.05, 0.1) is 7.11 Å². The Labute approximate surface area is 104 Å². The largest absolute Gasteiger partial charge is 0.496 e. The SMILES string of the molecule is CCc1ccc(OC)c(CC2(CN)CCC2)c1. The maximum atomic E-state index is 5.94. The number of hydrogen-bond acceptors (Lipinski definition) is 2. The number of methoxy groups -OCH3 is 1. The highest BCUT2D eigenvalue weighted by Gasteiger charge is 2.36. The molecule has 1 aliphatic carbocycles. The standard InChI is InChI=1S/C15H23NO/c1-3-12-5-6-14(17-2)13(9-12)10-15(11-16)7-4-8-15/h5-6,9H,3-4,7-8,10-11,16H2,1-2H3. The van der Waals surface area contributed by atoms with E-state index in [9.17, 15) is 0 Å². The molecule has 1 aromatic rings. The maximum absolute atomic E-state index is 5.94. The Morgan fingerprint density at radius 3 is 2.59 bits per heavy atom. The molecule has 2 N–H and O–H groups in total. The lowest BCUT2D eigenvalue weighted by Gasteiger charge is -2.41. The van der Waals surface area contributed by atoms with E-state index in [1.54, 1.807) is 7.11 Å². The Morgan fingerprint density at radius 1 is 1.35 bits per heavy atom. The molecule has 0 unspecified atom stereocenters. The van der Waals surface area contributed by atoms with Crippen molar-refractivity contribution in [3.63, 3.8) is 0 Å². The second-order valence-electron chi connectivity index (χ2n) is 5.23. The topological polar surface area (TPSA) is 35.2 Å². The molecule has 2 nitrogen and oxygen atoms in total. The van der Waals surface area contributed by atoms with E-state index in [2.05, 4.69) is 25.1 Å². The first-order valence-electron chi connectivity index (χ1n) is 6.59. The summed E-state index contributed by atoms with van der Waals surface area (Å²) in [7, 11) is 1.75. The van der Waals surface area contributed by atoms with Gasteiger partial charge >= 0.3 is 0 Å². The highest BCUT2D eigenvalue weighted by Crippen LogP contribution is 2.44. The molecule has 1 aliphatic rings. The molecule has 17 heavy (non-hydrogen) atoms. The van der Waals surface area contributed by atoms with E-state index in [-0.39, 0.29) is 0 Å². The molecule has 2 heteroatoms. The highest BCUT2D eigenvalue weighted by atomic mass is 16.5. The summed E-state index contributed by atoms with van der Waals surface area (Å²) in [6.45, 7) is 2.99. The van der Waals surface area contributed by atoms with Crippen LogP contribution < -0.4 is 10.5 Å². The average molecular weight is 233 g/mol. The van der Waals surface area contributed by atoms with Crippen LogP contribution in [0.5, 0.6) is 5.75 Å². The molecule has 94 valence electrons. The summed E-state index contributed by atoms with van der Waals surface area (Å²) in [6, 6.07) is 6.53. The molecule has 2 rings (SSSR count). The predicted octanol–water partition coefficient (Wildman–Crippen LogP) is 2.93. The van der Waals surface area contributed by atoms with Crippen molar-refractivity contribution in [2.45, 2.75) is 39.0 Å². The number of aryl methyl sites for hydroxylation is 1. The Morgan fingerprint density at radius 2 is 2.12 bits per heavy atom. The summed E-state index contributed by atoms with van der Waals surface area (Å²) in [5.41, 5.74) is 9.00. The molecule has 1 aromatic carbocycles. The lowest BCUT2D eigenvalue weighted by atomic mass is 9.65. The van der Waals surface area contributed by atoms with Crippen LogP contribution in [0.25, 0.3) is 0 Å². The van der Waals surface area contributed by atoms with Crippen LogP contribution in [0.4, 0.5) is 0 Å². The van der Waals surface area contributed by atoms with Gasteiger partial charge in [-0.3, -0.25) is 0 Å². The van der Waals surface area contributed by atoms with E-state index < -0.39 is 0 Å². The van der Waals surface area contributed by atoms with Crippen molar-refractivity contribution in [3.8, 4) is 5.75 Å². The number of ether oxygens (including phenoxy) is 1. The molecule has 0 radical (unpaired) electrons. The van der Waals surface area contributed by atoms with Crippen molar-refractivity contribution in [3.05, 3.63) is 29.3 Å². The summed E-state index contributed by atoms with van der Waals surface area (Å²) < 4.78 is 5.46. The Balaban J connectivity index is 2.23. The van der Waals surface area contributed by atoms with Crippen molar-refractivity contribution in [2.75, 3.05) is 13.7 Å². The molecule has 0 aromatic heterocycles. The predicted molar refractivity (Wildman–Crippen MR) is 71.4 cm³/mol. The van der Waals surface area contributed by atoms with Gasteiger partial charge in [0.1, 0.15) is 5.75 Å². The number of hydrogen-bond donors (Lipinski definition) is 1. The monoisotopic (exact) mass is 233 g/mol. The van der Waals surface area contributed by atoms with Crippen molar-refractivity contribution in [1.29, 1.82) is 0 Å². The molecule has 0 heterocycles. The van der Waals surface area contributed by atoms with Gasteiger partial charge < -0.3 is 10.5 Å². The van der Waals surface area contributed by atoms with E-state index in [0.717, 1.165) is 25.1 Å². The third-order valence-electron chi connectivity index (χ3n) is 4.17. The van der Waals surface area contributed by atoms with Crippen LogP contribution in [0.15, 0.2) is 18.2 Å². The lowest BCUT2D eigenvalue weighted by Crippen LogP contribution is -2.39. The zero-order chi connectivity index (χ0) is 12.3. The van der Waals surface area contributed by atoms with Crippen LogP contribution in [-0.2, 0) is 12.8 Å². The lowest BCUT2D eigenvalue weighted by molar-refractivity contribution is 0.143. The molecular weight excluding hydrogens is 210 g/mol. The summed E-state index contributed by atoms with van der Waals surface area (Å²) >= 11 is 0. The minimum atomic E-state index is 0.347. The van der Waals surface area contributed by atoms with Crippen molar-refractivity contribution in [2.24, 2.45) is 11.1 Å². The highest BCUT2D eigenvalue weighted by molar-refractivity contribution is 5.38. The average Bonchev–Trinajstić information content (AvgIpc) is 2.33. The summed E-state index contributed by atoms with van der Waals surface area (Å²) in [6.07, 6.45) is 6.01. The van der Waals surface area contributed by atoms with Gasteiger partial charge in [-0.25, -0.2) is 0 Å². The Hall–Kier alpha value is -1.02. The first kappa shape index (κ1) is 12.4. The quantitative estimate of drug-likeness (QED) is 0.848. The van der Waals surface area contributed by atoms with E-state index >= 15 is 0 Å². The minimum Gasteiger partial charge on any atom is -0.496 e. The van der Waals surface area contributed by atoms with Crippen LogP contribution in [-0.4, -0.2) is 13.7 Å². The smallest absolute Gasteiger partial charge is 0.122 e. The fraction of sp³-hybridized carbons (Fsp3) is 0.600. The fourth-order valence-corrected chi connectivity index (χ4v) is 2.72. The molecular formula is C15H23NO. The molecule has 0 saturated heterocycles. The first-order chi connectivity index (χ1) is 8.23. The van der Waals surface area contributed by atoms with Gasteiger partial charge in [-0.15, -0.1) is 0 Å². The van der Waals surface area contributed by atoms with Crippen LogP contribution in [0, 0.1) is 5.41 Å². The molecule has 1 fully saturated rings. The summed E-state index contributed by atoms with van der Waals surface area (Å²) in [4.78, 5) is 0. The van der Waals surface area contributed by atoms with Gasteiger partial charge in [0.2, 0.25) is 0 Å². The number of benzene rings is 1. The summed E-state index contributed by atoms with van der Waals surface area (Å²) in [5.74, 6) is 1.02. The van der Waals surface area contributed by atoms with Gasteiger partial charge in [0, 0.05) is 0 Å². The maximum Gasteiger partial charge on any atom is 0.122 e. The van der Waals surface area contributed by atoms with Gasteiger partial charge in [-0.05, 0) is 54.8 Å². The molecule has 0 atom stereocenters. The van der Waals surface area contributed by atoms with E-state index in [4.69, 9.17) is 10.5 Å². The van der Waals surface area contributed by atoms with E-state index in [1.807, 2.05) is 0 Å². The Bertz CT molecular complexity index is 377. The molecule has 0 bridgehead atoms. The van der Waals surface area contributed by atoms with Gasteiger partial charge in [-0.2, -0.15) is 0 Å². The van der Waals surface area contributed by atoms with E-state index in [1.165, 1.54) is 30.4 Å². The number of rotatable bonds is 5. The first-order valence-corrected chi connectivity index (χ1v) is 6.59. The number of nitrogens with two attached hydrogens (primary N) is 1. The fourth-order valence-electron chi connectivity index (χ4n) is 2.72. The second-order valence-corrected chi connectivity index (χ2v) is 5.23. The third-order valence-corrected chi connectivity index (χ3v) is 4.17. The van der Waals surface area contributed by atoms with Crippen molar-refractivity contribution >= 4 is 0 Å². The van der Waals surface area contributed by atoms with Gasteiger partial charge in [-0.1, -0.05) is 25.5 Å². The van der Waals surface area contributed by atoms with Gasteiger partial charge in [0.15, 0.2) is 0 Å². The van der Waals surface area contributed by atoms with Crippen molar-refractivity contribution < 1.29 is 4.74 Å². The van der Waals surface area contributed by atoms with Crippen LogP contribution >= 0.6 is 0 Å². The zero-order valence-electron chi connectivity index (χ0n) is 11.0. The second kappa shape index (κ2) is 5.09. The molecule has 0 aliphatic heterocycles. The van der Waals surface area contributed by atoms with Crippen LogP contribution in [0.3, 0.4) is 0 Å². The normalized spacial score (nSPS) is 17.6. The molecule has 0 spiro atoms. The van der Waals surface area contributed by atoms with E-state index in [0.29, 0.717) is 5.41 Å². The van der Waals surface area contributed by atoms with Crippen LogP contribution in [0.1, 0.15) is 37.3 Å². The zero-order valence-corrected chi connectivity index (χ0v) is 11.0. The molecule has 1 saturated carbocycles. The van der Waals surface area contributed by atoms with Gasteiger partial charge in [0.25, 0.3) is 0 Å². The molecule has 0 amide bonds.